The van der Waals surface area contributed by atoms with Crippen LogP contribution in [0.15, 0.2) is 0 Å². The third kappa shape index (κ3) is 71.9. The zero-order valence-corrected chi connectivity index (χ0v) is 28.9. The van der Waals surface area contributed by atoms with Gasteiger partial charge in [-0.1, -0.05) is 207 Å². The lowest BCUT2D eigenvalue weighted by atomic mass is 9.91. The van der Waals surface area contributed by atoms with Crippen LogP contribution in [0.2, 0.25) is 0 Å². The first-order valence-corrected chi connectivity index (χ1v) is 16.8. The summed E-state index contributed by atoms with van der Waals surface area (Å²) in [4.78, 5) is 0. The molecule has 0 spiro atoms. The van der Waals surface area contributed by atoms with E-state index in [2.05, 4.69) is 55.4 Å². The standard InChI is InChI=1S/2C7H14.C6H14.C4H10.C3H6.4C2H6/c2*1-7-5-3-2-4-6-7;1-5(2)6(3)4;1-3-4-2;1-2-3-1;4*1-2/h2*7H,2-6H2,1H3;5-6H,1-4H3;3-4H2,1-2H3;1-3H2;4*1-2H3. The third-order valence-electron chi connectivity index (χ3n) is 5.97. The number of rotatable bonds is 2. The number of unbranched alkanes of at least 4 members (excludes halogenated alkanes) is 1. The van der Waals surface area contributed by atoms with Crippen LogP contribution in [-0.2, 0) is 0 Å². The molecule has 0 saturated heterocycles. The molecular formula is C35H82. The molecule has 3 aliphatic rings. The Balaban J connectivity index is -0.0000000714. The minimum Gasteiger partial charge on any atom is -0.0683 e. The second-order valence-corrected chi connectivity index (χ2v) is 10.0. The van der Waals surface area contributed by atoms with E-state index in [9.17, 15) is 0 Å². The molecule has 0 amide bonds. The highest BCUT2D eigenvalue weighted by atomic mass is 14.1. The van der Waals surface area contributed by atoms with Crippen LogP contribution >= 0.6 is 0 Å². The van der Waals surface area contributed by atoms with E-state index in [1.165, 1.54) is 96.3 Å². The summed E-state index contributed by atoms with van der Waals surface area (Å²) in [6, 6.07) is 0. The van der Waals surface area contributed by atoms with Gasteiger partial charge in [0, 0.05) is 0 Å². The molecule has 0 aromatic carbocycles. The molecule has 0 aromatic heterocycles. The molecule has 0 bridgehead atoms. The van der Waals surface area contributed by atoms with Crippen molar-refractivity contribution in [2.24, 2.45) is 23.7 Å². The summed E-state index contributed by atoms with van der Waals surface area (Å²) < 4.78 is 0. The average Bonchev–Trinajstić information content (AvgIpc) is 3.81. The van der Waals surface area contributed by atoms with Gasteiger partial charge >= 0.3 is 0 Å². The summed E-state index contributed by atoms with van der Waals surface area (Å²) in [6.07, 6.45) is 22.0. The number of hydrogen-bond acceptors (Lipinski definition) is 0. The molecule has 3 rings (SSSR count). The van der Waals surface area contributed by atoms with Crippen molar-refractivity contribution < 1.29 is 0 Å². The molecule has 0 heteroatoms. The molecule has 3 fully saturated rings. The van der Waals surface area contributed by atoms with Crippen LogP contribution in [0.1, 0.15) is 207 Å². The molecule has 3 aliphatic carbocycles. The molecule has 0 atom stereocenters. The smallest absolute Gasteiger partial charge is 0.0443 e. The second kappa shape index (κ2) is 50.8. The van der Waals surface area contributed by atoms with Crippen molar-refractivity contribution >= 4 is 0 Å². The average molecular weight is 503 g/mol. The zero-order valence-electron chi connectivity index (χ0n) is 28.9. The van der Waals surface area contributed by atoms with Gasteiger partial charge in [0.05, 0.1) is 0 Å². The van der Waals surface area contributed by atoms with Crippen molar-refractivity contribution in [2.75, 3.05) is 0 Å². The minimum atomic E-state index is 0.852. The molecule has 0 N–H and O–H groups in total. The maximum absolute atomic E-state index is 2.36. The largest absolute Gasteiger partial charge is 0.0683 e. The van der Waals surface area contributed by atoms with Crippen molar-refractivity contribution in [3.63, 3.8) is 0 Å². The van der Waals surface area contributed by atoms with Gasteiger partial charge in [0.25, 0.3) is 0 Å². The van der Waals surface area contributed by atoms with E-state index in [0.717, 1.165) is 23.7 Å². The van der Waals surface area contributed by atoms with Gasteiger partial charge < -0.3 is 0 Å². The first-order valence-electron chi connectivity index (χ1n) is 16.8. The Morgan fingerprint density at radius 1 is 0.400 bits per heavy atom. The lowest BCUT2D eigenvalue weighted by Gasteiger charge is -2.15. The summed E-state index contributed by atoms with van der Waals surface area (Å²) in [6.45, 7) is 34.0. The fraction of sp³-hybridized carbons (Fsp3) is 1.00. The van der Waals surface area contributed by atoms with Gasteiger partial charge in [-0.15, -0.1) is 0 Å². The molecule has 0 aromatic rings. The van der Waals surface area contributed by atoms with E-state index >= 15 is 0 Å². The van der Waals surface area contributed by atoms with Crippen molar-refractivity contribution in [3.8, 4) is 0 Å². The highest BCUT2D eigenvalue weighted by Crippen LogP contribution is 2.22. The first-order chi connectivity index (χ1) is 16.8. The summed E-state index contributed by atoms with van der Waals surface area (Å²) >= 11 is 0. The van der Waals surface area contributed by atoms with Gasteiger partial charge in [-0.3, -0.25) is 0 Å². The molecule has 0 radical (unpaired) electrons. The van der Waals surface area contributed by atoms with Crippen LogP contribution in [0.3, 0.4) is 0 Å². The van der Waals surface area contributed by atoms with E-state index in [1.54, 1.807) is 0 Å². The maximum atomic E-state index is 2.36. The first kappa shape index (κ1) is 48.1. The Bertz CT molecular complexity index is 212. The molecule has 35 heavy (non-hydrogen) atoms. The quantitative estimate of drug-likeness (QED) is 0.352. The fourth-order valence-electron chi connectivity index (χ4n) is 2.61. The van der Waals surface area contributed by atoms with Gasteiger partial charge in [0.15, 0.2) is 0 Å². The van der Waals surface area contributed by atoms with Crippen LogP contribution in [-0.4, -0.2) is 0 Å². The highest BCUT2D eigenvalue weighted by molar-refractivity contribution is 4.60. The van der Waals surface area contributed by atoms with Crippen molar-refractivity contribution in [1.29, 1.82) is 0 Å². The normalized spacial score (nSPS) is 15.6. The van der Waals surface area contributed by atoms with Crippen molar-refractivity contribution in [2.45, 2.75) is 207 Å². The maximum Gasteiger partial charge on any atom is -0.0443 e. The number of hydrogen-bond donors (Lipinski definition) is 0. The summed E-state index contributed by atoms with van der Waals surface area (Å²) in [5, 5.41) is 0. The molecule has 0 unspecified atom stereocenters. The Morgan fingerprint density at radius 2 is 0.571 bits per heavy atom. The lowest BCUT2D eigenvalue weighted by molar-refractivity contribution is 0.385. The summed E-state index contributed by atoms with van der Waals surface area (Å²) in [7, 11) is 0. The Hall–Kier alpha value is 0. The van der Waals surface area contributed by atoms with E-state index in [1.807, 2.05) is 55.4 Å². The van der Waals surface area contributed by atoms with E-state index < -0.39 is 0 Å². The van der Waals surface area contributed by atoms with Crippen LogP contribution in [0.5, 0.6) is 0 Å². The minimum absolute atomic E-state index is 0.852. The zero-order chi connectivity index (χ0) is 28.9. The van der Waals surface area contributed by atoms with Crippen LogP contribution < -0.4 is 0 Å². The summed E-state index contributed by atoms with van der Waals surface area (Å²) in [5.41, 5.74) is 0. The SMILES string of the molecule is C1CC1.CC.CC.CC.CC.CC(C)C(C)C.CC1CCCCC1.CC1CCCCC1.CCCC. The van der Waals surface area contributed by atoms with Gasteiger partial charge in [-0.05, 0) is 23.7 Å². The lowest BCUT2D eigenvalue weighted by Crippen LogP contribution is -1.99. The van der Waals surface area contributed by atoms with E-state index in [-0.39, 0.29) is 0 Å². The Kier molecular flexibility index (Phi) is 69.8. The monoisotopic (exact) mass is 503 g/mol. The van der Waals surface area contributed by atoms with Gasteiger partial charge in [-0.2, -0.15) is 0 Å². The van der Waals surface area contributed by atoms with Gasteiger partial charge in [0.1, 0.15) is 0 Å². The van der Waals surface area contributed by atoms with E-state index in [4.69, 9.17) is 0 Å². The van der Waals surface area contributed by atoms with Crippen LogP contribution in [0.25, 0.3) is 0 Å². The fourth-order valence-corrected chi connectivity index (χ4v) is 2.61. The molecule has 0 nitrogen and oxygen atoms in total. The predicted octanol–water partition coefficient (Wildman–Crippen LogP) is 14.6. The second-order valence-electron chi connectivity index (χ2n) is 10.0. The topological polar surface area (TPSA) is 0 Å². The van der Waals surface area contributed by atoms with Crippen LogP contribution in [0, 0.1) is 23.7 Å². The highest BCUT2D eigenvalue weighted by Gasteiger charge is 2.06. The Labute approximate surface area is 230 Å². The predicted molar refractivity (Wildman–Crippen MR) is 174 cm³/mol. The van der Waals surface area contributed by atoms with Crippen LogP contribution in [0.4, 0.5) is 0 Å². The van der Waals surface area contributed by atoms with Crippen molar-refractivity contribution in [1.82, 2.24) is 0 Å². The molecule has 0 aliphatic heterocycles. The van der Waals surface area contributed by atoms with Gasteiger partial charge in [-0.25, -0.2) is 0 Å². The summed E-state index contributed by atoms with van der Waals surface area (Å²) in [5.74, 6) is 3.78. The van der Waals surface area contributed by atoms with E-state index in [0.29, 0.717) is 0 Å². The van der Waals surface area contributed by atoms with Gasteiger partial charge in [0.2, 0.25) is 0 Å². The molecule has 222 valence electrons. The molecule has 0 heterocycles. The van der Waals surface area contributed by atoms with Crippen molar-refractivity contribution in [3.05, 3.63) is 0 Å². The molecular weight excluding hydrogens is 420 g/mol. The Morgan fingerprint density at radius 3 is 0.629 bits per heavy atom. The molecule has 3 saturated carbocycles. The third-order valence-corrected chi connectivity index (χ3v) is 5.97.